The van der Waals surface area contributed by atoms with E-state index in [1.54, 1.807) is 11.3 Å². The molecule has 1 atom stereocenters. The van der Waals surface area contributed by atoms with Crippen LogP contribution < -0.4 is 11.1 Å². The molecule has 0 spiro atoms. The summed E-state index contributed by atoms with van der Waals surface area (Å²) in [6, 6.07) is 10.7. The highest BCUT2D eigenvalue weighted by Gasteiger charge is 2.11. The third-order valence-corrected chi connectivity index (χ3v) is 4.40. The second-order valence-electron chi connectivity index (χ2n) is 4.73. The van der Waals surface area contributed by atoms with Crippen LogP contribution in [0, 0.1) is 13.8 Å². The Hall–Kier alpha value is -1.39. The van der Waals surface area contributed by atoms with Crippen LogP contribution in [0.5, 0.6) is 0 Å². The minimum Gasteiger partial charge on any atom is -0.389 e. The molecule has 2 nitrogen and oxygen atoms in total. The quantitative estimate of drug-likeness (QED) is 0.830. The van der Waals surface area contributed by atoms with Gasteiger partial charge in [-0.2, -0.15) is 0 Å². The predicted molar refractivity (Wildman–Crippen MR) is 88.2 cm³/mol. The molecular formula is C15H18N2S2. The summed E-state index contributed by atoms with van der Waals surface area (Å²) in [5, 5.41) is 3.49. The van der Waals surface area contributed by atoms with Crippen LogP contribution in [-0.2, 0) is 0 Å². The third-order valence-electron chi connectivity index (χ3n) is 3.00. The summed E-state index contributed by atoms with van der Waals surface area (Å²) in [6.07, 6.45) is 0. The first-order valence-electron chi connectivity index (χ1n) is 6.20. The van der Waals surface area contributed by atoms with Crippen LogP contribution in [0.25, 0.3) is 0 Å². The normalized spacial score (nSPS) is 12.2. The Bertz CT molecular complexity index is 602. The molecule has 0 saturated carbocycles. The summed E-state index contributed by atoms with van der Waals surface area (Å²) in [4.78, 5) is 3.06. The highest BCUT2D eigenvalue weighted by molar-refractivity contribution is 7.80. The van der Waals surface area contributed by atoms with Gasteiger partial charge >= 0.3 is 0 Å². The molecule has 0 bridgehead atoms. The number of nitrogens with two attached hydrogens (primary N) is 1. The zero-order chi connectivity index (χ0) is 14.0. The molecule has 3 N–H and O–H groups in total. The SMILES string of the molecule is Cc1ccc(NC(C)c2ccc(C)s2)c(C(N)=S)c1. The number of nitrogens with one attached hydrogen (secondary N) is 1. The number of rotatable bonds is 4. The summed E-state index contributed by atoms with van der Waals surface area (Å²) >= 11 is 6.93. The van der Waals surface area contributed by atoms with Crippen molar-refractivity contribution in [1.29, 1.82) is 0 Å². The minimum absolute atomic E-state index is 0.245. The highest BCUT2D eigenvalue weighted by Crippen LogP contribution is 2.27. The van der Waals surface area contributed by atoms with Gasteiger partial charge in [-0.1, -0.05) is 23.8 Å². The summed E-state index contributed by atoms with van der Waals surface area (Å²) in [7, 11) is 0. The van der Waals surface area contributed by atoms with Gasteiger partial charge in [-0.15, -0.1) is 11.3 Å². The van der Waals surface area contributed by atoms with Crippen molar-refractivity contribution in [2.75, 3.05) is 5.32 Å². The number of hydrogen-bond acceptors (Lipinski definition) is 3. The predicted octanol–water partition coefficient (Wildman–Crippen LogP) is 4.17. The lowest BCUT2D eigenvalue weighted by Gasteiger charge is -2.17. The molecule has 1 aromatic carbocycles. The zero-order valence-corrected chi connectivity index (χ0v) is 13.0. The lowest BCUT2D eigenvalue weighted by Crippen LogP contribution is -2.15. The van der Waals surface area contributed by atoms with Crippen molar-refractivity contribution in [3.05, 3.63) is 51.2 Å². The van der Waals surface area contributed by atoms with Crippen molar-refractivity contribution in [1.82, 2.24) is 0 Å². The Balaban J connectivity index is 2.26. The molecular weight excluding hydrogens is 272 g/mol. The van der Waals surface area contributed by atoms with Crippen LogP contribution >= 0.6 is 23.6 Å². The largest absolute Gasteiger partial charge is 0.389 e. The maximum absolute atomic E-state index is 5.80. The molecule has 1 heterocycles. The van der Waals surface area contributed by atoms with Gasteiger partial charge in [-0.25, -0.2) is 0 Å². The molecule has 0 aliphatic rings. The maximum atomic E-state index is 5.80. The number of aryl methyl sites for hydroxylation is 2. The molecule has 0 fully saturated rings. The monoisotopic (exact) mass is 290 g/mol. The summed E-state index contributed by atoms with van der Waals surface area (Å²) in [5.41, 5.74) is 8.87. The van der Waals surface area contributed by atoms with Gasteiger partial charge in [0.25, 0.3) is 0 Å². The van der Waals surface area contributed by atoms with Gasteiger partial charge in [0.2, 0.25) is 0 Å². The van der Waals surface area contributed by atoms with Crippen molar-refractivity contribution in [3.63, 3.8) is 0 Å². The molecule has 2 rings (SSSR count). The summed E-state index contributed by atoms with van der Waals surface area (Å²) in [5.74, 6) is 0. The van der Waals surface area contributed by atoms with Crippen molar-refractivity contribution >= 4 is 34.2 Å². The van der Waals surface area contributed by atoms with Gasteiger partial charge in [0, 0.05) is 21.0 Å². The Morgan fingerprint density at radius 3 is 2.58 bits per heavy atom. The molecule has 1 unspecified atom stereocenters. The van der Waals surface area contributed by atoms with Crippen LogP contribution in [0.4, 0.5) is 5.69 Å². The van der Waals surface area contributed by atoms with Crippen LogP contribution in [0.1, 0.15) is 33.8 Å². The van der Waals surface area contributed by atoms with Gasteiger partial charge in [0.15, 0.2) is 0 Å². The molecule has 0 radical (unpaired) electrons. The van der Waals surface area contributed by atoms with Gasteiger partial charge in [-0.3, -0.25) is 0 Å². The molecule has 4 heteroatoms. The Morgan fingerprint density at radius 2 is 2.00 bits per heavy atom. The van der Waals surface area contributed by atoms with E-state index in [-0.39, 0.29) is 6.04 Å². The van der Waals surface area contributed by atoms with E-state index in [1.165, 1.54) is 9.75 Å². The van der Waals surface area contributed by atoms with Crippen LogP contribution in [0.15, 0.2) is 30.3 Å². The smallest absolute Gasteiger partial charge is 0.106 e. The number of anilines is 1. The van der Waals surface area contributed by atoms with E-state index < -0.39 is 0 Å². The van der Waals surface area contributed by atoms with Crippen LogP contribution in [0.3, 0.4) is 0 Å². The van der Waals surface area contributed by atoms with Crippen molar-refractivity contribution in [3.8, 4) is 0 Å². The van der Waals surface area contributed by atoms with Crippen molar-refractivity contribution in [2.24, 2.45) is 5.73 Å². The van der Waals surface area contributed by atoms with Gasteiger partial charge in [0.05, 0.1) is 6.04 Å². The molecule has 0 aliphatic carbocycles. The zero-order valence-electron chi connectivity index (χ0n) is 11.4. The molecule has 19 heavy (non-hydrogen) atoms. The van der Waals surface area contributed by atoms with E-state index in [4.69, 9.17) is 18.0 Å². The number of hydrogen-bond donors (Lipinski definition) is 2. The van der Waals surface area contributed by atoms with Gasteiger partial charge in [-0.05, 0) is 45.0 Å². The summed E-state index contributed by atoms with van der Waals surface area (Å²) < 4.78 is 0. The molecule has 0 aliphatic heterocycles. The maximum Gasteiger partial charge on any atom is 0.106 e. The summed E-state index contributed by atoms with van der Waals surface area (Å²) in [6.45, 7) is 6.30. The van der Waals surface area contributed by atoms with Crippen molar-refractivity contribution in [2.45, 2.75) is 26.8 Å². The Labute approximate surface area is 123 Å². The standard InChI is InChI=1S/C15H18N2S2/c1-9-4-6-13(12(8-9)15(16)18)17-11(3)14-7-5-10(2)19-14/h4-8,11,17H,1-3H3,(H2,16,18). The number of thiocarbonyl (C=S) groups is 1. The highest BCUT2D eigenvalue weighted by atomic mass is 32.1. The van der Waals surface area contributed by atoms with E-state index >= 15 is 0 Å². The van der Waals surface area contributed by atoms with Crippen LogP contribution in [-0.4, -0.2) is 4.99 Å². The molecule has 100 valence electrons. The number of benzene rings is 1. The second kappa shape index (κ2) is 5.72. The lowest BCUT2D eigenvalue weighted by molar-refractivity contribution is 0.907. The fourth-order valence-electron chi connectivity index (χ4n) is 1.98. The first kappa shape index (κ1) is 14.0. The van der Waals surface area contributed by atoms with Crippen LogP contribution in [0.2, 0.25) is 0 Å². The van der Waals surface area contributed by atoms with Gasteiger partial charge < -0.3 is 11.1 Å². The Morgan fingerprint density at radius 1 is 1.26 bits per heavy atom. The second-order valence-corrected chi connectivity index (χ2v) is 6.49. The van der Waals surface area contributed by atoms with E-state index in [0.717, 1.165) is 16.8 Å². The fraction of sp³-hybridized carbons (Fsp3) is 0.267. The van der Waals surface area contributed by atoms with E-state index in [0.29, 0.717) is 4.99 Å². The Kier molecular flexibility index (Phi) is 4.22. The number of thiophene rings is 1. The lowest BCUT2D eigenvalue weighted by atomic mass is 10.1. The van der Waals surface area contributed by atoms with E-state index in [9.17, 15) is 0 Å². The molecule has 0 amide bonds. The minimum atomic E-state index is 0.245. The third kappa shape index (κ3) is 3.33. The van der Waals surface area contributed by atoms with E-state index in [2.05, 4.69) is 37.4 Å². The van der Waals surface area contributed by atoms with E-state index in [1.807, 2.05) is 19.1 Å². The molecule has 0 saturated heterocycles. The average molecular weight is 290 g/mol. The molecule has 2 aromatic rings. The molecule has 1 aromatic heterocycles. The fourth-order valence-corrected chi connectivity index (χ4v) is 3.03. The first-order chi connectivity index (χ1) is 8.97. The average Bonchev–Trinajstić information content (AvgIpc) is 2.78. The topological polar surface area (TPSA) is 38.0 Å². The first-order valence-corrected chi connectivity index (χ1v) is 7.43. The van der Waals surface area contributed by atoms with Crippen molar-refractivity contribution < 1.29 is 0 Å². The van der Waals surface area contributed by atoms with Gasteiger partial charge in [0.1, 0.15) is 4.99 Å².